The molecule has 1 aromatic heterocycles. The predicted molar refractivity (Wildman–Crippen MR) is 125 cm³/mol. The molecular formula is C20H30ClN7O3S. The van der Waals surface area contributed by atoms with E-state index in [0.29, 0.717) is 24.0 Å². The van der Waals surface area contributed by atoms with Crippen LogP contribution in [0.2, 0.25) is 5.15 Å². The van der Waals surface area contributed by atoms with E-state index < -0.39 is 15.9 Å². The minimum Gasteiger partial charge on any atom is -0.857 e. The Hall–Kier alpha value is -2.47. The number of hydrogen-bond donors (Lipinski definition) is 3. The molecule has 1 aromatic carbocycles. The van der Waals surface area contributed by atoms with Crippen LogP contribution in [0.1, 0.15) is 24.1 Å². The van der Waals surface area contributed by atoms with Crippen LogP contribution in [-0.2, 0) is 15.8 Å². The van der Waals surface area contributed by atoms with Crippen molar-refractivity contribution in [3.05, 3.63) is 46.7 Å². The van der Waals surface area contributed by atoms with Gasteiger partial charge in [-0.25, -0.2) is 23.1 Å². The highest BCUT2D eigenvalue weighted by molar-refractivity contribution is 7.88. The Balaban J connectivity index is 1.73. The molecule has 2 aromatic rings. The monoisotopic (exact) mass is 483 g/mol. The number of anilines is 2. The topological polar surface area (TPSA) is 159 Å². The van der Waals surface area contributed by atoms with Gasteiger partial charge in [0.15, 0.2) is 16.8 Å². The van der Waals surface area contributed by atoms with Gasteiger partial charge in [-0.3, -0.25) is 4.99 Å². The lowest BCUT2D eigenvalue weighted by atomic mass is 10.2. The van der Waals surface area contributed by atoms with Crippen LogP contribution in [0.3, 0.4) is 0 Å². The zero-order valence-corrected chi connectivity index (χ0v) is 19.9. The summed E-state index contributed by atoms with van der Waals surface area (Å²) < 4.78 is 27.6. The minimum absolute atomic E-state index is 0.0287. The van der Waals surface area contributed by atoms with E-state index in [9.17, 15) is 13.5 Å². The maximum atomic E-state index is 12.2. The molecule has 32 heavy (non-hydrogen) atoms. The summed E-state index contributed by atoms with van der Waals surface area (Å²) in [6.45, 7) is 2.08. The molecule has 10 nitrogen and oxygen atoms in total. The van der Waals surface area contributed by atoms with Crippen LogP contribution in [0.25, 0.3) is 0 Å². The number of rotatable bonds is 12. The third-order valence-corrected chi connectivity index (χ3v) is 6.42. The first-order chi connectivity index (χ1) is 15.0. The zero-order chi connectivity index (χ0) is 23.8. The summed E-state index contributed by atoms with van der Waals surface area (Å²) in [6, 6.07) is 9.06. The van der Waals surface area contributed by atoms with E-state index in [4.69, 9.17) is 23.1 Å². The molecule has 0 radical (unpaired) electrons. The molecule has 0 amide bonds. The van der Waals surface area contributed by atoms with Gasteiger partial charge >= 0.3 is 0 Å². The van der Waals surface area contributed by atoms with Gasteiger partial charge in [0.05, 0.1) is 39.5 Å². The van der Waals surface area contributed by atoms with Gasteiger partial charge in [0, 0.05) is 12.4 Å². The molecule has 0 aliphatic rings. The van der Waals surface area contributed by atoms with Gasteiger partial charge < -0.3 is 21.1 Å². The van der Waals surface area contributed by atoms with Gasteiger partial charge in [0.1, 0.15) is 5.69 Å². The highest BCUT2D eigenvalue weighted by atomic mass is 35.5. The maximum absolute atomic E-state index is 12.2. The van der Waals surface area contributed by atoms with Crippen molar-refractivity contribution in [1.29, 1.82) is 0 Å². The largest absolute Gasteiger partial charge is 0.857 e. The van der Waals surface area contributed by atoms with Gasteiger partial charge in [-0.2, -0.15) is 0 Å². The standard InChI is InChI=1S/C20H30ClN7O3S/c1-28(2,13-11-24-20(29)16-18(22)27-19(23)17(21)26-16)12-7-6-10-25-32(30,31)14-15-8-4-3-5-9-15/h3-5,8-9,25H,6-7,10-14H2,1-2H3,(H4-,22,23,24,27,29). The van der Waals surface area contributed by atoms with Crippen molar-refractivity contribution in [3.63, 3.8) is 0 Å². The molecule has 0 atom stereocenters. The second kappa shape index (κ2) is 11.4. The number of halogens is 1. The highest BCUT2D eigenvalue weighted by Crippen LogP contribution is 2.17. The molecule has 1 heterocycles. The first-order valence-electron chi connectivity index (χ1n) is 10.1. The first-order valence-corrected chi connectivity index (χ1v) is 12.2. The van der Waals surface area contributed by atoms with E-state index in [1.54, 1.807) is 12.1 Å². The second-order valence-corrected chi connectivity index (χ2v) is 10.2. The van der Waals surface area contributed by atoms with Crippen molar-refractivity contribution in [1.82, 2.24) is 14.7 Å². The maximum Gasteiger partial charge on any atom is 0.215 e. The fourth-order valence-electron chi connectivity index (χ4n) is 2.95. The summed E-state index contributed by atoms with van der Waals surface area (Å²) in [7, 11) is 0.687. The molecule has 2 rings (SSSR count). The molecule has 0 saturated heterocycles. The average Bonchev–Trinajstić information content (AvgIpc) is 2.70. The van der Waals surface area contributed by atoms with Crippen molar-refractivity contribution in [3.8, 4) is 0 Å². The van der Waals surface area contributed by atoms with Crippen LogP contribution in [0.5, 0.6) is 0 Å². The summed E-state index contributed by atoms with van der Waals surface area (Å²) in [5.41, 5.74) is 11.8. The molecule has 0 saturated carbocycles. The lowest BCUT2D eigenvalue weighted by Gasteiger charge is -2.29. The second-order valence-electron chi connectivity index (χ2n) is 8.05. The van der Waals surface area contributed by atoms with E-state index in [1.165, 1.54) is 0 Å². The Kier molecular flexibility index (Phi) is 9.20. The van der Waals surface area contributed by atoms with Crippen molar-refractivity contribution in [2.24, 2.45) is 4.99 Å². The van der Waals surface area contributed by atoms with Crippen LogP contribution in [-0.4, -0.2) is 69.0 Å². The molecule has 0 bridgehead atoms. The molecule has 0 fully saturated rings. The SMILES string of the molecule is C[N+](C)(CCCCNS(=O)(=O)Cc1ccccc1)CCN=C([O-])c1nc(Cl)c(N)nc1N. The number of nitrogens with one attached hydrogen (secondary N) is 1. The quantitative estimate of drug-likeness (QED) is 0.170. The molecule has 12 heteroatoms. The molecule has 0 aliphatic heterocycles. The Morgan fingerprint density at radius 3 is 2.50 bits per heavy atom. The van der Waals surface area contributed by atoms with Gasteiger partial charge in [-0.05, 0) is 18.4 Å². The van der Waals surface area contributed by atoms with Crippen LogP contribution in [0.15, 0.2) is 35.3 Å². The fraction of sp³-hybridized carbons (Fsp3) is 0.450. The van der Waals surface area contributed by atoms with Crippen LogP contribution < -0.4 is 21.3 Å². The Bertz CT molecular complexity index is 1030. The number of quaternary nitrogens is 1. The molecule has 0 aliphatic carbocycles. The van der Waals surface area contributed by atoms with Crippen molar-refractivity contribution in [2.45, 2.75) is 18.6 Å². The number of hydrogen-bond acceptors (Lipinski definition) is 8. The third-order valence-electron chi connectivity index (χ3n) is 4.78. The Morgan fingerprint density at radius 1 is 1.12 bits per heavy atom. The highest BCUT2D eigenvalue weighted by Gasteiger charge is 2.15. The van der Waals surface area contributed by atoms with Gasteiger partial charge in [-0.1, -0.05) is 41.9 Å². The number of likely N-dealkylation sites (N-methyl/N-ethyl adjacent to an activating group) is 1. The fourth-order valence-corrected chi connectivity index (χ4v) is 4.26. The summed E-state index contributed by atoms with van der Waals surface area (Å²) in [5.74, 6) is -0.770. The van der Waals surface area contributed by atoms with Crippen molar-refractivity contribution in [2.75, 3.05) is 51.7 Å². The van der Waals surface area contributed by atoms with E-state index >= 15 is 0 Å². The minimum atomic E-state index is -3.36. The molecular weight excluding hydrogens is 454 g/mol. The Labute approximate surface area is 194 Å². The number of nitrogen functional groups attached to an aromatic ring is 2. The zero-order valence-electron chi connectivity index (χ0n) is 18.3. The van der Waals surface area contributed by atoms with Crippen LogP contribution in [0, 0.1) is 0 Å². The van der Waals surface area contributed by atoms with E-state index in [2.05, 4.69) is 19.7 Å². The average molecular weight is 484 g/mol. The lowest BCUT2D eigenvalue weighted by Crippen LogP contribution is -2.43. The normalized spacial score (nSPS) is 12.8. The van der Waals surface area contributed by atoms with Crippen LogP contribution >= 0.6 is 11.6 Å². The number of nitrogens with two attached hydrogens (primary N) is 2. The van der Waals surface area contributed by atoms with E-state index in [-0.39, 0.29) is 34.8 Å². The molecule has 0 spiro atoms. The van der Waals surface area contributed by atoms with E-state index in [0.717, 1.165) is 18.5 Å². The summed E-state index contributed by atoms with van der Waals surface area (Å²) in [6.07, 6.45) is 1.53. The van der Waals surface area contributed by atoms with Gasteiger partial charge in [0.25, 0.3) is 0 Å². The molecule has 176 valence electrons. The number of nitrogens with zero attached hydrogens (tertiary/aromatic N) is 4. The first kappa shape index (κ1) is 25.8. The Morgan fingerprint density at radius 2 is 1.81 bits per heavy atom. The van der Waals surface area contributed by atoms with Gasteiger partial charge in [0.2, 0.25) is 10.0 Å². The number of aromatic nitrogens is 2. The van der Waals surface area contributed by atoms with Crippen molar-refractivity contribution >= 4 is 39.2 Å². The molecule has 5 N–H and O–H groups in total. The van der Waals surface area contributed by atoms with E-state index in [1.807, 2.05) is 32.3 Å². The number of aliphatic imine (C=N–C) groups is 1. The van der Waals surface area contributed by atoms with Crippen LogP contribution in [0.4, 0.5) is 11.6 Å². The smallest absolute Gasteiger partial charge is 0.215 e. The summed E-state index contributed by atoms with van der Waals surface area (Å²) in [5, 5.41) is 12.1. The predicted octanol–water partition coefficient (Wildman–Crippen LogP) is 0.378. The number of benzene rings is 1. The molecule has 0 unspecified atom stereocenters. The summed E-state index contributed by atoms with van der Waals surface area (Å²) in [4.78, 5) is 11.6. The van der Waals surface area contributed by atoms with Crippen molar-refractivity contribution < 1.29 is 18.0 Å². The summed E-state index contributed by atoms with van der Waals surface area (Å²) >= 11 is 5.79. The van der Waals surface area contributed by atoms with Gasteiger partial charge in [-0.15, -0.1) is 0 Å². The number of unbranched alkanes of at least 4 members (excludes halogenated alkanes) is 1. The third kappa shape index (κ3) is 8.58. The number of sulfonamides is 1. The lowest BCUT2D eigenvalue weighted by molar-refractivity contribution is -0.889.